The van der Waals surface area contributed by atoms with Gasteiger partial charge in [0.1, 0.15) is 17.8 Å². The van der Waals surface area contributed by atoms with Crippen molar-refractivity contribution < 1.29 is 5.11 Å². The van der Waals surface area contributed by atoms with Crippen LogP contribution in [0.25, 0.3) is 0 Å². The fourth-order valence-corrected chi connectivity index (χ4v) is 0.785. The largest absolute Gasteiger partial charge is 0.392 e. The van der Waals surface area contributed by atoms with E-state index < -0.39 is 6.10 Å². The lowest BCUT2D eigenvalue weighted by atomic mass is 10.3. The molecule has 0 aromatic carbocycles. The molecule has 0 saturated heterocycles. The monoisotopic (exact) mass is 177 g/mol. The van der Waals surface area contributed by atoms with Crippen LogP contribution in [0.5, 0.6) is 0 Å². The van der Waals surface area contributed by atoms with Gasteiger partial charge in [-0.25, -0.2) is 9.97 Å². The van der Waals surface area contributed by atoms with Crippen LogP contribution in [-0.4, -0.2) is 27.7 Å². The first-order valence-electron chi connectivity index (χ1n) is 3.93. The summed E-state index contributed by atoms with van der Waals surface area (Å²) >= 11 is 0. The lowest BCUT2D eigenvalue weighted by Gasteiger charge is -2.06. The third kappa shape index (κ3) is 3.09. The van der Waals surface area contributed by atoms with Gasteiger partial charge in [0.2, 0.25) is 0 Å². The Labute approximate surface area is 77.0 Å². The topological polar surface area (TPSA) is 58.0 Å². The zero-order chi connectivity index (χ0) is 9.68. The van der Waals surface area contributed by atoms with E-state index in [0.29, 0.717) is 18.1 Å². The van der Waals surface area contributed by atoms with Crippen molar-refractivity contribution in [1.29, 1.82) is 0 Å². The van der Waals surface area contributed by atoms with Crippen molar-refractivity contribution in [3.63, 3.8) is 0 Å². The fraction of sp³-hybridized carbons (Fsp3) is 0.333. The number of nitrogens with one attached hydrogen (secondary N) is 1. The van der Waals surface area contributed by atoms with E-state index in [1.54, 1.807) is 13.0 Å². The number of aliphatic hydroxyl groups is 1. The molecule has 0 saturated carbocycles. The quantitative estimate of drug-likeness (QED) is 0.650. The van der Waals surface area contributed by atoms with Gasteiger partial charge in [0.25, 0.3) is 0 Å². The molecular formula is C9H11N3O. The van der Waals surface area contributed by atoms with E-state index in [4.69, 9.17) is 11.5 Å². The zero-order valence-corrected chi connectivity index (χ0v) is 7.36. The molecular weight excluding hydrogens is 166 g/mol. The molecule has 1 rings (SSSR count). The lowest BCUT2D eigenvalue weighted by Crippen LogP contribution is -2.16. The van der Waals surface area contributed by atoms with Crippen molar-refractivity contribution in [2.75, 3.05) is 11.9 Å². The van der Waals surface area contributed by atoms with Crippen molar-refractivity contribution >= 4 is 5.82 Å². The van der Waals surface area contributed by atoms with E-state index in [-0.39, 0.29) is 0 Å². The average Bonchev–Trinajstić information content (AvgIpc) is 2.15. The summed E-state index contributed by atoms with van der Waals surface area (Å²) in [5.41, 5.74) is 0.531. The number of nitrogens with zero attached hydrogens (tertiary/aromatic N) is 2. The highest BCUT2D eigenvalue weighted by atomic mass is 16.3. The molecule has 2 N–H and O–H groups in total. The summed E-state index contributed by atoms with van der Waals surface area (Å²) in [7, 11) is 0. The highest BCUT2D eigenvalue weighted by Gasteiger charge is 1.97. The Morgan fingerprint density at radius 2 is 2.46 bits per heavy atom. The first-order valence-corrected chi connectivity index (χ1v) is 3.93. The van der Waals surface area contributed by atoms with Crippen molar-refractivity contribution in [2.45, 2.75) is 13.0 Å². The van der Waals surface area contributed by atoms with Gasteiger partial charge in [-0.05, 0) is 6.92 Å². The third-order valence-corrected chi connectivity index (χ3v) is 1.39. The van der Waals surface area contributed by atoms with Crippen LogP contribution in [0.1, 0.15) is 12.6 Å². The fourth-order valence-electron chi connectivity index (χ4n) is 0.785. The van der Waals surface area contributed by atoms with Gasteiger partial charge in [-0.2, -0.15) is 0 Å². The SMILES string of the molecule is C#Cc1cc(NCC(C)O)ncn1. The molecule has 0 bridgehead atoms. The Hall–Kier alpha value is -1.60. The van der Waals surface area contributed by atoms with Gasteiger partial charge < -0.3 is 10.4 Å². The number of hydrogen-bond donors (Lipinski definition) is 2. The van der Waals surface area contributed by atoms with Crippen LogP contribution in [0.2, 0.25) is 0 Å². The van der Waals surface area contributed by atoms with Crippen molar-refractivity contribution in [3.8, 4) is 12.3 Å². The molecule has 4 heteroatoms. The number of aromatic nitrogens is 2. The van der Waals surface area contributed by atoms with Gasteiger partial charge in [-0.1, -0.05) is 5.92 Å². The number of terminal acetylenes is 1. The molecule has 0 spiro atoms. The van der Waals surface area contributed by atoms with Crippen molar-refractivity contribution in [3.05, 3.63) is 18.1 Å². The molecule has 4 nitrogen and oxygen atoms in total. The molecule has 1 heterocycles. The molecule has 0 aliphatic carbocycles. The first-order chi connectivity index (χ1) is 6.22. The summed E-state index contributed by atoms with van der Waals surface area (Å²) in [6.07, 6.45) is 6.13. The maximum Gasteiger partial charge on any atom is 0.130 e. The van der Waals surface area contributed by atoms with Crippen molar-refractivity contribution in [2.24, 2.45) is 0 Å². The number of rotatable bonds is 3. The second kappa shape index (κ2) is 4.43. The van der Waals surface area contributed by atoms with Crippen LogP contribution in [0.15, 0.2) is 12.4 Å². The zero-order valence-electron chi connectivity index (χ0n) is 7.36. The molecule has 1 aromatic rings. The van der Waals surface area contributed by atoms with Crippen LogP contribution in [0.3, 0.4) is 0 Å². The highest BCUT2D eigenvalue weighted by Crippen LogP contribution is 2.02. The molecule has 0 amide bonds. The Morgan fingerprint density at radius 3 is 3.08 bits per heavy atom. The Bertz CT molecular complexity index is 317. The number of aliphatic hydroxyl groups excluding tert-OH is 1. The van der Waals surface area contributed by atoms with Gasteiger partial charge in [-0.15, -0.1) is 6.42 Å². The lowest BCUT2D eigenvalue weighted by molar-refractivity contribution is 0.208. The van der Waals surface area contributed by atoms with E-state index in [2.05, 4.69) is 21.2 Å². The number of hydrogen-bond acceptors (Lipinski definition) is 4. The van der Waals surface area contributed by atoms with Crippen molar-refractivity contribution in [1.82, 2.24) is 9.97 Å². The second-order valence-corrected chi connectivity index (χ2v) is 2.66. The van der Waals surface area contributed by atoms with E-state index in [1.807, 2.05) is 0 Å². The number of anilines is 1. The van der Waals surface area contributed by atoms with Crippen LogP contribution < -0.4 is 5.32 Å². The summed E-state index contributed by atoms with van der Waals surface area (Å²) < 4.78 is 0. The Kier molecular flexibility index (Phi) is 3.23. The average molecular weight is 177 g/mol. The van der Waals surface area contributed by atoms with Gasteiger partial charge in [0.15, 0.2) is 0 Å². The van der Waals surface area contributed by atoms with Crippen LogP contribution in [0, 0.1) is 12.3 Å². The van der Waals surface area contributed by atoms with E-state index >= 15 is 0 Å². The molecule has 1 atom stereocenters. The van der Waals surface area contributed by atoms with Gasteiger partial charge in [0, 0.05) is 12.6 Å². The normalized spacial score (nSPS) is 11.8. The predicted octanol–water partition coefficient (Wildman–Crippen LogP) is 0.251. The van der Waals surface area contributed by atoms with E-state index in [1.165, 1.54) is 6.33 Å². The van der Waals surface area contributed by atoms with Crippen LogP contribution in [-0.2, 0) is 0 Å². The van der Waals surface area contributed by atoms with E-state index in [0.717, 1.165) is 0 Å². The minimum absolute atomic E-state index is 0.413. The van der Waals surface area contributed by atoms with Crippen LogP contribution in [0.4, 0.5) is 5.82 Å². The van der Waals surface area contributed by atoms with E-state index in [9.17, 15) is 0 Å². The minimum atomic E-state index is -0.413. The smallest absolute Gasteiger partial charge is 0.130 e. The summed E-state index contributed by atoms with van der Waals surface area (Å²) in [6, 6.07) is 1.66. The summed E-state index contributed by atoms with van der Waals surface area (Å²) in [6.45, 7) is 2.14. The summed E-state index contributed by atoms with van der Waals surface area (Å²) in [5.74, 6) is 3.03. The van der Waals surface area contributed by atoms with Crippen LogP contribution >= 0.6 is 0 Å². The first kappa shape index (κ1) is 9.49. The molecule has 1 aromatic heterocycles. The maximum atomic E-state index is 8.99. The molecule has 0 aliphatic rings. The minimum Gasteiger partial charge on any atom is -0.392 e. The van der Waals surface area contributed by atoms with Gasteiger partial charge in [-0.3, -0.25) is 0 Å². The third-order valence-electron chi connectivity index (χ3n) is 1.39. The standard InChI is InChI=1S/C9H11N3O/c1-3-8-4-9(12-6-11-8)10-5-7(2)13/h1,4,6-7,13H,5H2,2H3,(H,10,11,12). The van der Waals surface area contributed by atoms with Gasteiger partial charge >= 0.3 is 0 Å². The Morgan fingerprint density at radius 1 is 1.69 bits per heavy atom. The molecule has 1 unspecified atom stereocenters. The molecule has 0 fully saturated rings. The highest BCUT2D eigenvalue weighted by molar-refractivity contribution is 5.39. The molecule has 68 valence electrons. The molecule has 13 heavy (non-hydrogen) atoms. The molecule has 0 aliphatic heterocycles. The van der Waals surface area contributed by atoms with Gasteiger partial charge in [0.05, 0.1) is 6.10 Å². The predicted molar refractivity (Wildman–Crippen MR) is 50.1 cm³/mol. The second-order valence-electron chi connectivity index (χ2n) is 2.66. The Balaban J connectivity index is 2.63. The summed E-state index contributed by atoms with van der Waals surface area (Å²) in [4.78, 5) is 7.77. The maximum absolute atomic E-state index is 8.99. The summed E-state index contributed by atoms with van der Waals surface area (Å²) in [5, 5.41) is 11.9. The molecule has 0 radical (unpaired) electrons.